The first kappa shape index (κ1) is 11.5. The van der Waals surface area contributed by atoms with E-state index in [1.165, 1.54) is 5.56 Å². The first-order chi connectivity index (χ1) is 7.75. The lowest BCUT2D eigenvalue weighted by Crippen LogP contribution is -2.36. The minimum absolute atomic E-state index is 0.279. The predicted octanol–water partition coefficient (Wildman–Crippen LogP) is 1.73. The molecular weight excluding hydrogens is 222 g/mol. The Balaban J connectivity index is 1.78. The van der Waals surface area contributed by atoms with E-state index in [0.717, 1.165) is 12.8 Å². The molecule has 0 spiro atoms. The van der Waals surface area contributed by atoms with Gasteiger partial charge in [-0.05, 0) is 18.4 Å². The fourth-order valence-electron chi connectivity index (χ4n) is 1.78. The molecule has 1 unspecified atom stereocenters. The van der Waals surface area contributed by atoms with Crippen molar-refractivity contribution in [3.63, 3.8) is 0 Å². The minimum atomic E-state index is -0.741. The molecule has 16 heavy (non-hydrogen) atoms. The van der Waals surface area contributed by atoms with E-state index in [1.54, 1.807) is 11.8 Å². The monoisotopic (exact) mass is 237 g/mol. The fraction of sp³-hybridized carbons (Fsp3) is 0.417. The molecule has 0 aliphatic carbocycles. The Morgan fingerprint density at radius 2 is 2.19 bits per heavy atom. The maximum absolute atomic E-state index is 10.7. The molecule has 2 rings (SSSR count). The van der Waals surface area contributed by atoms with Gasteiger partial charge in [-0.15, -0.1) is 11.8 Å². The van der Waals surface area contributed by atoms with Crippen LogP contribution in [0.2, 0.25) is 0 Å². The van der Waals surface area contributed by atoms with Gasteiger partial charge in [-0.2, -0.15) is 0 Å². The van der Waals surface area contributed by atoms with Gasteiger partial charge in [-0.3, -0.25) is 10.1 Å². The van der Waals surface area contributed by atoms with Crippen LogP contribution in [0.1, 0.15) is 12.0 Å². The molecule has 0 aromatic heterocycles. The summed E-state index contributed by atoms with van der Waals surface area (Å²) < 4.78 is 0. The molecule has 0 bridgehead atoms. The second-order valence-corrected chi connectivity index (χ2v) is 5.14. The molecule has 1 aromatic rings. The maximum Gasteiger partial charge on any atom is 0.321 e. The van der Waals surface area contributed by atoms with Crippen LogP contribution >= 0.6 is 11.8 Å². The summed E-state index contributed by atoms with van der Waals surface area (Å²) >= 11 is 1.71. The van der Waals surface area contributed by atoms with Crippen molar-refractivity contribution in [1.29, 1.82) is 0 Å². The standard InChI is InChI=1S/C12H15NO2S/c14-12(15)10-8-16-11(13-10)7-6-9-4-2-1-3-5-9/h1-5,10-11,13H,6-8H2,(H,14,15)/t10-,11?/m0/s1. The molecule has 2 atom stereocenters. The number of hydrogen-bond donors (Lipinski definition) is 2. The Morgan fingerprint density at radius 1 is 1.44 bits per heavy atom. The number of hydrogen-bond acceptors (Lipinski definition) is 3. The Kier molecular flexibility index (Phi) is 3.85. The molecule has 4 heteroatoms. The number of benzene rings is 1. The highest BCUT2D eigenvalue weighted by molar-refractivity contribution is 8.00. The third-order valence-electron chi connectivity index (χ3n) is 2.69. The van der Waals surface area contributed by atoms with Gasteiger partial charge in [0.25, 0.3) is 0 Å². The Hall–Kier alpha value is -1.00. The smallest absolute Gasteiger partial charge is 0.321 e. The van der Waals surface area contributed by atoms with Crippen LogP contribution in [0.25, 0.3) is 0 Å². The highest BCUT2D eigenvalue weighted by Gasteiger charge is 2.28. The largest absolute Gasteiger partial charge is 0.480 e. The van der Waals surface area contributed by atoms with E-state index in [1.807, 2.05) is 18.2 Å². The summed E-state index contributed by atoms with van der Waals surface area (Å²) in [4.78, 5) is 10.7. The number of aryl methyl sites for hydroxylation is 1. The molecule has 0 amide bonds. The first-order valence-electron chi connectivity index (χ1n) is 5.40. The van der Waals surface area contributed by atoms with Crippen molar-refractivity contribution < 1.29 is 9.90 Å². The summed E-state index contributed by atoms with van der Waals surface area (Å²) in [6.45, 7) is 0. The molecule has 0 saturated carbocycles. The molecule has 1 aliphatic rings. The van der Waals surface area contributed by atoms with Crippen molar-refractivity contribution in [2.45, 2.75) is 24.3 Å². The van der Waals surface area contributed by atoms with Crippen molar-refractivity contribution in [2.75, 3.05) is 5.75 Å². The van der Waals surface area contributed by atoms with Gasteiger partial charge < -0.3 is 5.11 Å². The number of carboxylic acid groups (broad SMARTS) is 1. The highest BCUT2D eigenvalue weighted by atomic mass is 32.2. The normalized spacial score (nSPS) is 24.5. The number of carboxylic acids is 1. The average Bonchev–Trinajstić information content (AvgIpc) is 2.76. The third-order valence-corrected chi connectivity index (χ3v) is 3.99. The van der Waals surface area contributed by atoms with E-state index in [9.17, 15) is 4.79 Å². The van der Waals surface area contributed by atoms with Crippen LogP contribution in [0.3, 0.4) is 0 Å². The van der Waals surface area contributed by atoms with E-state index in [2.05, 4.69) is 17.4 Å². The van der Waals surface area contributed by atoms with Gasteiger partial charge in [0.05, 0.1) is 5.37 Å². The molecule has 86 valence electrons. The summed E-state index contributed by atoms with van der Waals surface area (Å²) in [5, 5.41) is 12.2. The van der Waals surface area contributed by atoms with Crippen molar-refractivity contribution in [1.82, 2.24) is 5.32 Å². The van der Waals surface area contributed by atoms with Crippen molar-refractivity contribution in [2.24, 2.45) is 0 Å². The average molecular weight is 237 g/mol. The molecule has 0 radical (unpaired) electrons. The molecule has 1 aromatic carbocycles. The number of nitrogens with one attached hydrogen (secondary N) is 1. The summed E-state index contributed by atoms with van der Waals surface area (Å²) in [6.07, 6.45) is 1.98. The Bertz CT molecular complexity index is 355. The van der Waals surface area contributed by atoms with Crippen molar-refractivity contribution in [3.8, 4) is 0 Å². The van der Waals surface area contributed by atoms with Gasteiger partial charge in [-0.1, -0.05) is 30.3 Å². The van der Waals surface area contributed by atoms with E-state index in [-0.39, 0.29) is 11.4 Å². The summed E-state index contributed by atoms with van der Waals surface area (Å²) in [6, 6.07) is 9.91. The number of aliphatic carboxylic acids is 1. The summed E-state index contributed by atoms with van der Waals surface area (Å²) in [7, 11) is 0. The van der Waals surface area contributed by atoms with Crippen molar-refractivity contribution >= 4 is 17.7 Å². The Labute approximate surface area is 99.2 Å². The van der Waals surface area contributed by atoms with Crippen LogP contribution in [0, 0.1) is 0 Å². The molecular formula is C12H15NO2S. The van der Waals surface area contributed by atoms with Gasteiger partial charge in [0, 0.05) is 5.75 Å². The molecule has 1 aliphatic heterocycles. The van der Waals surface area contributed by atoms with Crippen LogP contribution in [0.4, 0.5) is 0 Å². The first-order valence-corrected chi connectivity index (χ1v) is 6.45. The van der Waals surface area contributed by atoms with Crippen LogP contribution < -0.4 is 5.32 Å². The van der Waals surface area contributed by atoms with Gasteiger partial charge in [0.1, 0.15) is 6.04 Å². The minimum Gasteiger partial charge on any atom is -0.480 e. The lowest BCUT2D eigenvalue weighted by atomic mass is 10.1. The van der Waals surface area contributed by atoms with Crippen LogP contribution in [-0.2, 0) is 11.2 Å². The lowest BCUT2D eigenvalue weighted by Gasteiger charge is -2.10. The topological polar surface area (TPSA) is 49.3 Å². The predicted molar refractivity (Wildman–Crippen MR) is 65.6 cm³/mol. The van der Waals surface area contributed by atoms with E-state index >= 15 is 0 Å². The summed E-state index contributed by atoms with van der Waals surface area (Å²) in [5.74, 6) is -0.0656. The highest BCUT2D eigenvalue weighted by Crippen LogP contribution is 2.22. The van der Waals surface area contributed by atoms with Gasteiger partial charge in [0.15, 0.2) is 0 Å². The molecule has 3 nitrogen and oxygen atoms in total. The number of thioether (sulfide) groups is 1. The van der Waals surface area contributed by atoms with Crippen molar-refractivity contribution in [3.05, 3.63) is 35.9 Å². The number of carbonyl (C=O) groups is 1. The van der Waals surface area contributed by atoms with E-state index in [0.29, 0.717) is 5.75 Å². The molecule has 1 heterocycles. The van der Waals surface area contributed by atoms with Gasteiger partial charge in [0.2, 0.25) is 0 Å². The van der Waals surface area contributed by atoms with Gasteiger partial charge in [-0.25, -0.2) is 0 Å². The quantitative estimate of drug-likeness (QED) is 0.837. The zero-order valence-electron chi connectivity index (χ0n) is 8.93. The molecule has 1 saturated heterocycles. The Morgan fingerprint density at radius 3 is 2.81 bits per heavy atom. The molecule has 2 N–H and O–H groups in total. The summed E-state index contributed by atoms with van der Waals surface area (Å²) in [5.41, 5.74) is 1.31. The zero-order valence-corrected chi connectivity index (χ0v) is 9.74. The second kappa shape index (κ2) is 5.37. The number of rotatable bonds is 4. The molecule has 1 fully saturated rings. The van der Waals surface area contributed by atoms with Crippen LogP contribution in [0.5, 0.6) is 0 Å². The van der Waals surface area contributed by atoms with Crippen LogP contribution in [0.15, 0.2) is 30.3 Å². The second-order valence-electron chi connectivity index (χ2n) is 3.90. The fourth-order valence-corrected chi connectivity index (χ4v) is 2.99. The lowest BCUT2D eigenvalue weighted by molar-refractivity contribution is -0.138. The van der Waals surface area contributed by atoms with Crippen LogP contribution in [-0.4, -0.2) is 28.2 Å². The van der Waals surface area contributed by atoms with E-state index in [4.69, 9.17) is 5.11 Å². The van der Waals surface area contributed by atoms with E-state index < -0.39 is 5.97 Å². The zero-order chi connectivity index (χ0) is 11.4. The SMILES string of the molecule is O=C(O)[C@@H]1CSC(CCc2ccccc2)N1. The third kappa shape index (κ3) is 3.00. The maximum atomic E-state index is 10.7. The van der Waals surface area contributed by atoms with Gasteiger partial charge >= 0.3 is 5.97 Å².